The third kappa shape index (κ3) is 3.84. The number of aliphatic hydroxyl groups is 5. The molecule has 0 fully saturated rings. The van der Waals surface area contributed by atoms with Gasteiger partial charge >= 0.3 is 0 Å². The van der Waals surface area contributed by atoms with E-state index in [2.05, 4.69) is 5.32 Å². The predicted octanol–water partition coefficient (Wildman–Crippen LogP) is -4.07. The zero-order valence-corrected chi connectivity index (χ0v) is 7.80. The molecule has 0 heterocycles. The minimum atomic E-state index is -1.56. The highest BCUT2D eigenvalue weighted by molar-refractivity contribution is 4.89. The number of aliphatic hydroxyl groups excluding tert-OH is 5. The maximum Gasteiger partial charge on any atom is 0.127 e. The van der Waals surface area contributed by atoms with Crippen LogP contribution in [0, 0.1) is 0 Å². The van der Waals surface area contributed by atoms with Crippen molar-refractivity contribution < 1.29 is 25.5 Å². The molecule has 0 bridgehead atoms. The van der Waals surface area contributed by atoms with E-state index in [-0.39, 0.29) is 6.54 Å². The Morgan fingerprint density at radius 3 is 2.00 bits per heavy atom. The Bertz CT molecular complexity index is 153. The van der Waals surface area contributed by atoms with Gasteiger partial charge in [-0.2, -0.15) is 0 Å². The van der Waals surface area contributed by atoms with Crippen molar-refractivity contribution in [2.45, 2.75) is 17.9 Å². The molecular formula is C7H18N2O5. The molecule has 2 atom stereocenters. The van der Waals surface area contributed by atoms with E-state index in [1.165, 1.54) is 0 Å². The van der Waals surface area contributed by atoms with Gasteiger partial charge in [0.1, 0.15) is 11.8 Å². The highest BCUT2D eigenvalue weighted by Crippen LogP contribution is 2.02. The van der Waals surface area contributed by atoms with Crippen LogP contribution >= 0.6 is 0 Å². The quantitative estimate of drug-likeness (QED) is 0.212. The molecule has 0 aromatic rings. The maximum absolute atomic E-state index is 9.36. The van der Waals surface area contributed by atoms with Gasteiger partial charge in [0.2, 0.25) is 0 Å². The van der Waals surface area contributed by atoms with Crippen LogP contribution in [-0.2, 0) is 0 Å². The molecule has 7 nitrogen and oxygen atoms in total. The normalized spacial score (nSPS) is 16.7. The fourth-order valence-electron chi connectivity index (χ4n) is 0.738. The van der Waals surface area contributed by atoms with Gasteiger partial charge in [-0.15, -0.1) is 0 Å². The summed E-state index contributed by atoms with van der Waals surface area (Å²) < 4.78 is 0. The minimum absolute atomic E-state index is 0.0867. The molecule has 0 spiro atoms. The lowest BCUT2D eigenvalue weighted by Crippen LogP contribution is -2.63. The van der Waals surface area contributed by atoms with Gasteiger partial charge in [0.05, 0.1) is 25.9 Å². The second kappa shape index (κ2) is 6.25. The minimum Gasteiger partial charge on any atom is -0.394 e. The zero-order valence-electron chi connectivity index (χ0n) is 7.80. The molecule has 8 N–H and O–H groups in total. The molecule has 86 valence electrons. The molecule has 0 radical (unpaired) electrons. The first kappa shape index (κ1) is 13.7. The Kier molecular flexibility index (Phi) is 6.12. The largest absolute Gasteiger partial charge is 0.394 e. The van der Waals surface area contributed by atoms with Crippen LogP contribution in [0.3, 0.4) is 0 Å². The van der Waals surface area contributed by atoms with E-state index in [0.29, 0.717) is 0 Å². The first-order valence-electron chi connectivity index (χ1n) is 4.21. The number of nitrogens with two attached hydrogens (primary N) is 1. The fourth-order valence-corrected chi connectivity index (χ4v) is 0.738. The van der Waals surface area contributed by atoms with E-state index in [9.17, 15) is 5.11 Å². The van der Waals surface area contributed by atoms with Crippen LogP contribution < -0.4 is 11.1 Å². The lowest BCUT2D eigenvalue weighted by Gasteiger charge is -2.31. The van der Waals surface area contributed by atoms with E-state index >= 15 is 0 Å². The second-order valence-corrected chi connectivity index (χ2v) is 3.20. The first-order chi connectivity index (χ1) is 6.50. The van der Waals surface area contributed by atoms with E-state index < -0.39 is 37.7 Å². The number of nitrogens with one attached hydrogen (secondary N) is 1. The van der Waals surface area contributed by atoms with E-state index in [1.807, 2.05) is 0 Å². The Labute approximate surface area is 81.8 Å². The zero-order chi connectivity index (χ0) is 11.2. The van der Waals surface area contributed by atoms with Gasteiger partial charge in [0.15, 0.2) is 0 Å². The number of hydrogen-bond acceptors (Lipinski definition) is 7. The Balaban J connectivity index is 3.99. The van der Waals surface area contributed by atoms with Crippen molar-refractivity contribution in [2.75, 3.05) is 26.4 Å². The lowest BCUT2D eigenvalue weighted by molar-refractivity contribution is -0.0199. The average Bonchev–Trinajstić information content (AvgIpc) is 2.23. The van der Waals surface area contributed by atoms with Crippen LogP contribution in [0.2, 0.25) is 0 Å². The molecule has 0 amide bonds. The van der Waals surface area contributed by atoms with Gasteiger partial charge in [-0.05, 0) is 0 Å². The Morgan fingerprint density at radius 1 is 1.14 bits per heavy atom. The van der Waals surface area contributed by atoms with E-state index in [4.69, 9.17) is 26.2 Å². The van der Waals surface area contributed by atoms with Gasteiger partial charge < -0.3 is 31.3 Å². The maximum atomic E-state index is 9.36. The summed E-state index contributed by atoms with van der Waals surface area (Å²) in [6.45, 7) is -1.74. The molecule has 14 heavy (non-hydrogen) atoms. The predicted molar refractivity (Wildman–Crippen MR) is 48.2 cm³/mol. The van der Waals surface area contributed by atoms with Crippen molar-refractivity contribution in [3.05, 3.63) is 0 Å². The Hall–Kier alpha value is -0.280. The van der Waals surface area contributed by atoms with Crippen LogP contribution in [0.1, 0.15) is 0 Å². The van der Waals surface area contributed by atoms with E-state index in [1.54, 1.807) is 0 Å². The third-order valence-electron chi connectivity index (χ3n) is 1.89. The number of hydrogen-bond donors (Lipinski definition) is 7. The molecule has 0 saturated heterocycles. The monoisotopic (exact) mass is 210 g/mol. The lowest BCUT2D eigenvalue weighted by atomic mass is 10.0. The van der Waals surface area contributed by atoms with Gasteiger partial charge in [0, 0.05) is 6.54 Å². The van der Waals surface area contributed by atoms with Crippen molar-refractivity contribution >= 4 is 0 Å². The van der Waals surface area contributed by atoms with Crippen LogP contribution in [-0.4, -0.2) is 69.8 Å². The summed E-state index contributed by atoms with van der Waals surface area (Å²) in [6.07, 6.45) is -2.38. The molecule has 0 aliphatic carbocycles. The molecule has 0 aliphatic rings. The van der Waals surface area contributed by atoms with Gasteiger partial charge in [-0.1, -0.05) is 0 Å². The summed E-state index contributed by atoms with van der Waals surface area (Å²) in [5.74, 6) is 0. The third-order valence-corrected chi connectivity index (χ3v) is 1.89. The fraction of sp³-hybridized carbons (Fsp3) is 1.00. The van der Waals surface area contributed by atoms with Crippen molar-refractivity contribution in [2.24, 2.45) is 5.73 Å². The molecule has 2 unspecified atom stereocenters. The molecule has 0 aromatic carbocycles. The summed E-state index contributed by atoms with van der Waals surface area (Å²) in [6, 6.07) is 0. The molecule has 0 aromatic heterocycles. The van der Waals surface area contributed by atoms with Crippen molar-refractivity contribution in [3.8, 4) is 0 Å². The molecule has 7 heteroatoms. The van der Waals surface area contributed by atoms with Gasteiger partial charge in [-0.3, -0.25) is 5.32 Å². The smallest absolute Gasteiger partial charge is 0.127 e. The topological polar surface area (TPSA) is 139 Å². The molecule has 0 saturated carbocycles. The van der Waals surface area contributed by atoms with Crippen LogP contribution in [0.5, 0.6) is 0 Å². The summed E-state index contributed by atoms with van der Waals surface area (Å²) in [7, 11) is 0. The van der Waals surface area contributed by atoms with Gasteiger partial charge in [0.25, 0.3) is 0 Å². The highest BCUT2D eigenvalue weighted by atomic mass is 16.3. The first-order valence-corrected chi connectivity index (χ1v) is 4.21. The van der Waals surface area contributed by atoms with Crippen LogP contribution in [0.15, 0.2) is 0 Å². The van der Waals surface area contributed by atoms with Crippen LogP contribution in [0.25, 0.3) is 0 Å². The van der Waals surface area contributed by atoms with Gasteiger partial charge in [-0.25, -0.2) is 0 Å². The van der Waals surface area contributed by atoms with Crippen molar-refractivity contribution in [3.63, 3.8) is 0 Å². The summed E-state index contributed by atoms with van der Waals surface area (Å²) in [4.78, 5) is 0. The summed E-state index contributed by atoms with van der Waals surface area (Å²) >= 11 is 0. The van der Waals surface area contributed by atoms with Crippen molar-refractivity contribution in [1.29, 1.82) is 0 Å². The Morgan fingerprint density at radius 2 is 1.64 bits per heavy atom. The molecule has 0 rings (SSSR count). The highest BCUT2D eigenvalue weighted by Gasteiger charge is 2.32. The molecular weight excluding hydrogens is 192 g/mol. The summed E-state index contributed by atoms with van der Waals surface area (Å²) in [5.41, 5.74) is 3.85. The van der Waals surface area contributed by atoms with Crippen LogP contribution in [0.4, 0.5) is 0 Å². The van der Waals surface area contributed by atoms with E-state index in [0.717, 1.165) is 0 Å². The summed E-state index contributed by atoms with van der Waals surface area (Å²) in [5, 5.41) is 46.7. The van der Waals surface area contributed by atoms with Crippen molar-refractivity contribution in [1.82, 2.24) is 5.32 Å². The second-order valence-electron chi connectivity index (χ2n) is 3.20. The average molecular weight is 210 g/mol. The SMILES string of the molecule is NC(CO)(CO)C(O)NCC(O)CO. The number of rotatable bonds is 7. The molecule has 0 aliphatic heterocycles. The standard InChI is InChI=1S/C7H18N2O5/c8-7(3-11,4-12)6(14)9-1-5(13)2-10/h5-6,9-14H,1-4,8H2.